The predicted molar refractivity (Wildman–Crippen MR) is 130 cm³/mol. The van der Waals surface area contributed by atoms with Crippen molar-refractivity contribution in [1.29, 1.82) is 0 Å². The highest BCUT2D eigenvalue weighted by molar-refractivity contribution is 6.30. The van der Waals surface area contributed by atoms with Crippen LogP contribution in [-0.2, 0) is 4.74 Å². The van der Waals surface area contributed by atoms with Gasteiger partial charge in [-0.05, 0) is 24.7 Å². The summed E-state index contributed by atoms with van der Waals surface area (Å²) in [7, 11) is -2.17. The fraction of sp³-hybridized carbons (Fsp3) is 1.00. The van der Waals surface area contributed by atoms with Gasteiger partial charge in [0.15, 0.2) is 0 Å². The molecule has 10 nitrogen and oxygen atoms in total. The highest BCUT2D eigenvalue weighted by atomic mass is 16.5. The van der Waals surface area contributed by atoms with Crippen LogP contribution in [0.5, 0.6) is 0 Å². The molecule has 0 atom stereocenters. The lowest BCUT2D eigenvalue weighted by atomic mass is 10.1. The molecular weight excluding hydrogens is 435 g/mol. The number of aliphatic hydroxyl groups excluding tert-OH is 6. The normalized spacial score (nSPS) is 10.5. The van der Waals surface area contributed by atoms with Crippen LogP contribution >= 0.6 is 0 Å². The van der Waals surface area contributed by atoms with E-state index in [4.69, 9.17) is 50.4 Å². The van der Waals surface area contributed by atoms with Crippen molar-refractivity contribution in [3.63, 3.8) is 0 Å². The molecule has 0 aromatic rings. The van der Waals surface area contributed by atoms with Gasteiger partial charge in [-0.1, -0.05) is 66.2 Å². The fourth-order valence-corrected chi connectivity index (χ4v) is 2.08. The van der Waals surface area contributed by atoms with Crippen LogP contribution in [0.25, 0.3) is 0 Å². The summed E-state index contributed by atoms with van der Waals surface area (Å²) < 4.78 is 5.65. The monoisotopic (exact) mass is 488 g/mol. The van der Waals surface area contributed by atoms with E-state index in [1.807, 2.05) is 0 Å². The molecule has 0 aromatic carbocycles. The Morgan fingerprint density at radius 3 is 1.00 bits per heavy atom. The predicted octanol–water partition coefficient (Wildman–Crippen LogP) is 0.0478. The van der Waals surface area contributed by atoms with E-state index in [2.05, 4.69) is 27.7 Å². The minimum Gasteiger partial charge on any atom is -0.402 e. The standard InChI is InChI=1S/C16H34O.2C3H8O3.BH3O3/c1-15(2)11-7-5-9-13-17-14-10-6-8-12-16(3)4;2*4-1-3(6)2-5;2-1(3)4/h15-16H,5-14H2,1-4H3;2*3-6H,1-2H2;2-4H. The molecule has 9 N–H and O–H groups in total. The molecule has 0 aliphatic rings. The molecule has 0 rings (SSSR count). The number of aliphatic hydroxyl groups is 6. The summed E-state index contributed by atoms with van der Waals surface area (Å²) in [5.41, 5.74) is 0. The van der Waals surface area contributed by atoms with Crippen LogP contribution in [0.2, 0.25) is 0 Å². The van der Waals surface area contributed by atoms with Crippen LogP contribution in [0.1, 0.15) is 79.1 Å². The summed E-state index contributed by atoms with van der Waals surface area (Å²) in [4.78, 5) is 0. The third-order valence-corrected chi connectivity index (χ3v) is 3.98. The molecule has 0 aliphatic heterocycles. The third kappa shape index (κ3) is 59.4. The van der Waals surface area contributed by atoms with Gasteiger partial charge in [-0.25, -0.2) is 0 Å². The second kappa shape index (κ2) is 33.8. The molecule has 0 saturated carbocycles. The van der Waals surface area contributed by atoms with E-state index < -0.39 is 19.5 Å². The maximum absolute atomic E-state index is 8.17. The Labute approximate surface area is 201 Å². The molecule has 204 valence electrons. The highest BCUT2D eigenvalue weighted by Gasteiger charge is 1.97. The van der Waals surface area contributed by atoms with Crippen molar-refractivity contribution in [2.45, 2.75) is 91.3 Å². The molecule has 0 heterocycles. The lowest BCUT2D eigenvalue weighted by molar-refractivity contribution is 0.0450. The van der Waals surface area contributed by atoms with Crippen molar-refractivity contribution in [2.75, 3.05) is 39.6 Å². The summed E-state index contributed by atoms with van der Waals surface area (Å²) in [5.74, 6) is 1.72. The molecule has 0 aromatic heterocycles. The van der Waals surface area contributed by atoms with Gasteiger partial charge >= 0.3 is 7.32 Å². The van der Waals surface area contributed by atoms with Crippen LogP contribution in [0, 0.1) is 11.8 Å². The first kappa shape index (κ1) is 39.9. The zero-order valence-corrected chi connectivity index (χ0v) is 21.2. The number of hydrogen-bond donors (Lipinski definition) is 9. The maximum atomic E-state index is 8.17. The topological polar surface area (TPSA) is 191 Å². The zero-order valence-electron chi connectivity index (χ0n) is 21.2. The quantitative estimate of drug-likeness (QED) is 0.106. The molecule has 0 spiro atoms. The van der Waals surface area contributed by atoms with Crippen LogP contribution < -0.4 is 0 Å². The lowest BCUT2D eigenvalue weighted by Gasteiger charge is -2.06. The summed E-state index contributed by atoms with van der Waals surface area (Å²) in [5, 5.41) is 69.5. The number of hydrogen-bond acceptors (Lipinski definition) is 10. The van der Waals surface area contributed by atoms with Gasteiger partial charge in [-0.2, -0.15) is 0 Å². The van der Waals surface area contributed by atoms with E-state index in [1.54, 1.807) is 0 Å². The minimum absolute atomic E-state index is 0.365. The fourth-order valence-electron chi connectivity index (χ4n) is 2.08. The highest BCUT2D eigenvalue weighted by Crippen LogP contribution is 2.09. The van der Waals surface area contributed by atoms with Gasteiger partial charge in [-0.3, -0.25) is 0 Å². The van der Waals surface area contributed by atoms with E-state index in [0.717, 1.165) is 25.0 Å². The summed E-state index contributed by atoms with van der Waals surface area (Å²) in [6.07, 6.45) is 8.75. The number of rotatable bonds is 16. The van der Waals surface area contributed by atoms with Crippen molar-refractivity contribution in [3.8, 4) is 0 Å². The molecule has 33 heavy (non-hydrogen) atoms. The van der Waals surface area contributed by atoms with Crippen LogP contribution in [0.4, 0.5) is 0 Å². The molecular formula is C22H53BO10. The van der Waals surface area contributed by atoms with E-state index in [9.17, 15) is 0 Å². The Morgan fingerprint density at radius 1 is 0.545 bits per heavy atom. The average Bonchev–Trinajstić information content (AvgIpc) is 2.76. The van der Waals surface area contributed by atoms with E-state index in [-0.39, 0.29) is 26.4 Å². The molecule has 0 saturated heterocycles. The smallest absolute Gasteiger partial charge is 0.402 e. The maximum Gasteiger partial charge on any atom is 0.631 e. The van der Waals surface area contributed by atoms with E-state index >= 15 is 0 Å². The van der Waals surface area contributed by atoms with Crippen molar-refractivity contribution in [1.82, 2.24) is 0 Å². The van der Waals surface area contributed by atoms with Gasteiger partial charge in [0.2, 0.25) is 0 Å². The lowest BCUT2D eigenvalue weighted by Crippen LogP contribution is -2.15. The molecule has 0 bridgehead atoms. The van der Waals surface area contributed by atoms with Crippen LogP contribution in [0.15, 0.2) is 0 Å². The van der Waals surface area contributed by atoms with Crippen molar-refractivity contribution in [3.05, 3.63) is 0 Å². The largest absolute Gasteiger partial charge is 0.631 e. The molecule has 0 aliphatic carbocycles. The number of unbranched alkanes of at least 4 members (excludes halogenated alkanes) is 4. The first-order valence-electron chi connectivity index (χ1n) is 11.9. The Morgan fingerprint density at radius 2 is 0.818 bits per heavy atom. The van der Waals surface area contributed by atoms with Gasteiger partial charge in [-0.15, -0.1) is 0 Å². The number of ether oxygens (including phenoxy) is 1. The van der Waals surface area contributed by atoms with Gasteiger partial charge in [0, 0.05) is 13.2 Å². The second-order valence-corrected chi connectivity index (χ2v) is 8.48. The molecule has 0 fully saturated rings. The summed E-state index contributed by atoms with van der Waals surface area (Å²) >= 11 is 0. The Hall–Kier alpha value is -0.335. The molecule has 0 radical (unpaired) electrons. The van der Waals surface area contributed by atoms with E-state index in [0.29, 0.717) is 0 Å². The van der Waals surface area contributed by atoms with Crippen LogP contribution in [-0.4, -0.2) is 105 Å². The SMILES string of the molecule is CC(C)CCCCCOCCCCCC(C)C.OB(O)O.OCC(O)CO.OCC(O)CO. The second-order valence-electron chi connectivity index (χ2n) is 8.48. The minimum atomic E-state index is -2.17. The third-order valence-electron chi connectivity index (χ3n) is 3.98. The summed E-state index contributed by atoms with van der Waals surface area (Å²) in [6, 6.07) is 0. The Balaban J connectivity index is -0.000000214. The Bertz CT molecular complexity index is 287. The molecule has 11 heteroatoms. The Kier molecular flexibility index (Phi) is 40.9. The van der Waals surface area contributed by atoms with Crippen molar-refractivity contribution in [2.24, 2.45) is 11.8 Å². The molecule has 0 unspecified atom stereocenters. The molecule has 0 amide bonds. The van der Waals surface area contributed by atoms with Crippen LogP contribution in [0.3, 0.4) is 0 Å². The van der Waals surface area contributed by atoms with Crippen molar-refractivity contribution < 1.29 is 50.4 Å². The van der Waals surface area contributed by atoms with E-state index in [1.165, 1.54) is 51.4 Å². The van der Waals surface area contributed by atoms with Gasteiger partial charge in [0.25, 0.3) is 0 Å². The average molecular weight is 488 g/mol. The van der Waals surface area contributed by atoms with Gasteiger partial charge in [0.1, 0.15) is 12.2 Å². The summed E-state index contributed by atoms with van der Waals surface area (Å²) in [6.45, 7) is 9.69. The van der Waals surface area contributed by atoms with Gasteiger partial charge < -0.3 is 50.4 Å². The first-order chi connectivity index (χ1) is 15.5. The first-order valence-corrected chi connectivity index (χ1v) is 11.9. The zero-order chi connectivity index (χ0) is 26.5. The van der Waals surface area contributed by atoms with Crippen molar-refractivity contribution >= 4 is 7.32 Å². The van der Waals surface area contributed by atoms with Gasteiger partial charge in [0.05, 0.1) is 26.4 Å².